The summed E-state index contributed by atoms with van der Waals surface area (Å²) in [6.07, 6.45) is 0. The van der Waals surface area contributed by atoms with Gasteiger partial charge < -0.3 is 4.90 Å². The average molecular weight is 207 g/mol. The number of rotatable bonds is 1. The molecule has 2 heteroatoms. The fraction of sp³-hybridized carbons (Fsp3) is 0.385. The van der Waals surface area contributed by atoms with E-state index in [2.05, 4.69) is 11.5 Å². The molecule has 1 aliphatic heterocycles. The molecule has 1 nitrogen and oxygen atoms in total. The molecule has 0 spiro atoms. The van der Waals surface area contributed by atoms with Crippen molar-refractivity contribution in [3.8, 4) is 0 Å². The van der Waals surface area contributed by atoms with Crippen LogP contribution in [0.25, 0.3) is 0 Å². The quantitative estimate of drug-likeness (QED) is 0.678. The Balaban J connectivity index is 0.000000531. The van der Waals surface area contributed by atoms with Gasteiger partial charge in [-0.2, -0.15) is 0 Å². The summed E-state index contributed by atoms with van der Waals surface area (Å²) in [5.74, 6) is -0.0961. The smallest absolute Gasteiger partial charge is 0.128 e. The molecule has 0 unspecified atom stereocenters. The predicted octanol–water partition coefficient (Wildman–Crippen LogP) is 3.70. The summed E-state index contributed by atoms with van der Waals surface area (Å²) >= 11 is 0. The molecule has 1 aromatic carbocycles. The molecule has 0 aromatic heterocycles. The first kappa shape index (κ1) is 11.8. The van der Waals surface area contributed by atoms with Gasteiger partial charge in [0.2, 0.25) is 0 Å². The lowest BCUT2D eigenvalue weighted by Crippen LogP contribution is -2.12. The monoisotopic (exact) mass is 207 g/mol. The van der Waals surface area contributed by atoms with Crippen molar-refractivity contribution >= 4 is 0 Å². The Morgan fingerprint density at radius 2 is 2.00 bits per heavy atom. The summed E-state index contributed by atoms with van der Waals surface area (Å²) in [7, 11) is 0. The number of nitrogens with zero attached hydrogens (tertiary/aromatic N) is 1. The summed E-state index contributed by atoms with van der Waals surface area (Å²) in [4.78, 5) is 2.08. The molecule has 15 heavy (non-hydrogen) atoms. The van der Waals surface area contributed by atoms with Crippen LogP contribution in [0, 0.1) is 5.82 Å². The zero-order chi connectivity index (χ0) is 11.4. The minimum Gasteiger partial charge on any atom is -0.367 e. The van der Waals surface area contributed by atoms with E-state index in [1.54, 1.807) is 6.07 Å². The van der Waals surface area contributed by atoms with Crippen molar-refractivity contribution in [1.82, 2.24) is 4.90 Å². The van der Waals surface area contributed by atoms with Crippen LogP contribution in [-0.2, 0) is 13.1 Å². The van der Waals surface area contributed by atoms with Crippen molar-refractivity contribution in [3.05, 3.63) is 47.4 Å². The van der Waals surface area contributed by atoms with Gasteiger partial charge in [0.15, 0.2) is 0 Å². The fourth-order valence-corrected chi connectivity index (χ4v) is 1.65. The summed E-state index contributed by atoms with van der Waals surface area (Å²) < 4.78 is 13.3. The van der Waals surface area contributed by atoms with Gasteiger partial charge in [-0.3, -0.25) is 0 Å². The van der Waals surface area contributed by atoms with Crippen LogP contribution in [0.5, 0.6) is 0 Å². The van der Waals surface area contributed by atoms with E-state index in [1.165, 1.54) is 6.07 Å². The van der Waals surface area contributed by atoms with E-state index in [4.69, 9.17) is 0 Å². The van der Waals surface area contributed by atoms with Crippen LogP contribution in [0.1, 0.15) is 31.9 Å². The van der Waals surface area contributed by atoms with E-state index in [-0.39, 0.29) is 5.82 Å². The summed E-state index contributed by atoms with van der Waals surface area (Å²) in [6.45, 7) is 11.3. The first-order valence-electron chi connectivity index (χ1n) is 5.35. The maximum atomic E-state index is 13.3. The van der Waals surface area contributed by atoms with Crippen molar-refractivity contribution in [2.45, 2.75) is 33.9 Å². The van der Waals surface area contributed by atoms with E-state index in [0.717, 1.165) is 23.4 Å². The van der Waals surface area contributed by atoms with Crippen LogP contribution in [0.2, 0.25) is 0 Å². The summed E-state index contributed by atoms with van der Waals surface area (Å²) in [5, 5.41) is 0. The first-order valence-corrected chi connectivity index (χ1v) is 5.35. The molecule has 1 aromatic rings. The topological polar surface area (TPSA) is 3.24 Å². The molecule has 0 saturated carbocycles. The first-order chi connectivity index (χ1) is 7.18. The lowest BCUT2D eigenvalue weighted by Gasteiger charge is -2.16. The zero-order valence-electron chi connectivity index (χ0n) is 9.68. The second-order valence-corrected chi connectivity index (χ2v) is 3.47. The third kappa shape index (κ3) is 2.38. The average Bonchev–Trinajstić information content (AvgIpc) is 2.66. The van der Waals surface area contributed by atoms with E-state index in [9.17, 15) is 4.39 Å². The summed E-state index contributed by atoms with van der Waals surface area (Å²) in [5.41, 5.74) is 2.91. The zero-order valence-corrected chi connectivity index (χ0v) is 9.68. The molecule has 0 fully saturated rings. The van der Waals surface area contributed by atoms with Crippen LogP contribution < -0.4 is 0 Å². The van der Waals surface area contributed by atoms with Crippen LogP contribution >= 0.6 is 0 Å². The normalized spacial score (nSPS) is 12.9. The molecule has 0 amide bonds. The maximum absolute atomic E-state index is 13.3. The minimum atomic E-state index is -0.0961. The van der Waals surface area contributed by atoms with Gasteiger partial charge >= 0.3 is 0 Å². The van der Waals surface area contributed by atoms with Crippen molar-refractivity contribution in [1.29, 1.82) is 0 Å². The van der Waals surface area contributed by atoms with Crippen LogP contribution in [0.4, 0.5) is 4.39 Å². The Labute approximate surface area is 91.2 Å². The summed E-state index contributed by atoms with van der Waals surface area (Å²) in [6, 6.07) is 5.25. The molecular weight excluding hydrogens is 189 g/mol. The number of hydrogen-bond acceptors (Lipinski definition) is 1. The predicted molar refractivity (Wildman–Crippen MR) is 61.8 cm³/mol. The van der Waals surface area contributed by atoms with Crippen LogP contribution in [0.3, 0.4) is 0 Å². The van der Waals surface area contributed by atoms with Gasteiger partial charge in [0.1, 0.15) is 5.82 Å². The van der Waals surface area contributed by atoms with Crippen LogP contribution in [-0.4, -0.2) is 4.90 Å². The Morgan fingerprint density at radius 1 is 1.33 bits per heavy atom. The SMILES string of the molecule is C=C(C)N1Cc2cccc(F)c2C1.CC. The van der Waals surface area contributed by atoms with Gasteiger partial charge in [-0.15, -0.1) is 0 Å². The highest BCUT2D eigenvalue weighted by molar-refractivity contribution is 5.32. The van der Waals surface area contributed by atoms with E-state index >= 15 is 0 Å². The van der Waals surface area contributed by atoms with Gasteiger partial charge in [-0.25, -0.2) is 4.39 Å². The van der Waals surface area contributed by atoms with Gasteiger partial charge in [0.25, 0.3) is 0 Å². The van der Waals surface area contributed by atoms with Gasteiger partial charge in [-0.05, 0) is 18.6 Å². The minimum absolute atomic E-state index is 0.0961. The fourth-order valence-electron chi connectivity index (χ4n) is 1.65. The Morgan fingerprint density at radius 3 is 2.53 bits per heavy atom. The third-order valence-electron chi connectivity index (χ3n) is 2.47. The molecule has 0 radical (unpaired) electrons. The molecule has 82 valence electrons. The molecule has 0 N–H and O–H groups in total. The highest BCUT2D eigenvalue weighted by Gasteiger charge is 2.20. The number of fused-ring (bicyclic) bond motifs is 1. The van der Waals surface area contributed by atoms with Crippen molar-refractivity contribution in [2.75, 3.05) is 0 Å². The van der Waals surface area contributed by atoms with Crippen LogP contribution in [0.15, 0.2) is 30.5 Å². The molecule has 0 aliphatic carbocycles. The highest BCUT2D eigenvalue weighted by Crippen LogP contribution is 2.26. The lowest BCUT2D eigenvalue weighted by molar-refractivity contribution is 0.362. The highest BCUT2D eigenvalue weighted by atomic mass is 19.1. The molecule has 1 heterocycles. The van der Waals surface area contributed by atoms with Crippen molar-refractivity contribution in [2.24, 2.45) is 0 Å². The maximum Gasteiger partial charge on any atom is 0.128 e. The Hall–Kier alpha value is -1.31. The molecule has 0 bridgehead atoms. The lowest BCUT2D eigenvalue weighted by atomic mass is 10.1. The second-order valence-electron chi connectivity index (χ2n) is 3.47. The number of hydrogen-bond donors (Lipinski definition) is 0. The van der Waals surface area contributed by atoms with Crippen molar-refractivity contribution < 1.29 is 4.39 Å². The number of allylic oxidation sites excluding steroid dienone is 1. The van der Waals surface area contributed by atoms with Gasteiger partial charge in [-0.1, -0.05) is 32.6 Å². The van der Waals surface area contributed by atoms with Crippen molar-refractivity contribution in [3.63, 3.8) is 0 Å². The molecule has 0 saturated heterocycles. The molecule has 0 atom stereocenters. The number of halogens is 1. The third-order valence-corrected chi connectivity index (χ3v) is 2.47. The van der Waals surface area contributed by atoms with Gasteiger partial charge in [0, 0.05) is 24.4 Å². The largest absolute Gasteiger partial charge is 0.367 e. The van der Waals surface area contributed by atoms with E-state index in [0.29, 0.717) is 6.54 Å². The van der Waals surface area contributed by atoms with E-state index in [1.807, 2.05) is 26.8 Å². The van der Waals surface area contributed by atoms with Gasteiger partial charge in [0.05, 0.1) is 0 Å². The molecule has 1 aliphatic rings. The second kappa shape index (κ2) is 4.96. The Bertz CT molecular complexity index is 358. The molecule has 2 rings (SSSR count). The molecular formula is C13H18FN. The Kier molecular flexibility index (Phi) is 3.89. The standard InChI is InChI=1S/C11H12FN.C2H6/c1-8(2)13-6-9-4-3-5-11(12)10(9)7-13;1-2/h3-5H,1,6-7H2,2H3;1-2H3. The van der Waals surface area contributed by atoms with E-state index < -0.39 is 0 Å². The number of benzene rings is 1.